The molecule has 0 aliphatic heterocycles. The minimum atomic E-state index is -0.453. The van der Waals surface area contributed by atoms with E-state index in [-0.39, 0.29) is 5.69 Å². The predicted molar refractivity (Wildman–Crippen MR) is 87.2 cm³/mol. The Bertz CT molecular complexity index is 1080. The first-order valence-electron chi connectivity index (χ1n) is 7.01. The molecular weight excluding hydrogens is 294 g/mol. The first kappa shape index (κ1) is 13.3. The van der Waals surface area contributed by atoms with Crippen LogP contribution in [0.2, 0.25) is 0 Å². The molecule has 6 nitrogen and oxygen atoms in total. The smallest absolute Gasteiger partial charge is 0.271 e. The minimum Gasteiger partial charge on any atom is -0.340 e. The Balaban J connectivity index is 2.03. The fourth-order valence-corrected chi connectivity index (χ4v) is 2.89. The summed E-state index contributed by atoms with van der Waals surface area (Å²) in [4.78, 5) is 25.2. The van der Waals surface area contributed by atoms with Gasteiger partial charge in [-0.1, -0.05) is 18.2 Å². The average Bonchev–Trinajstić information content (AvgIpc) is 3.14. The molecule has 0 bridgehead atoms. The number of aromatic nitrogens is 2. The van der Waals surface area contributed by atoms with Gasteiger partial charge >= 0.3 is 0 Å². The number of nitrogens with one attached hydrogen (secondary N) is 1. The van der Waals surface area contributed by atoms with Crippen LogP contribution in [0, 0.1) is 10.1 Å². The highest BCUT2D eigenvalue weighted by molar-refractivity contribution is 6.02. The second kappa shape index (κ2) is 4.81. The maximum atomic E-state index is 11.6. The number of nitro groups is 1. The molecule has 1 N–H and O–H groups in total. The summed E-state index contributed by atoms with van der Waals surface area (Å²) in [5.41, 5.74) is 1.99. The number of para-hydroxylation sites is 1. The predicted octanol–water partition coefficient (Wildman–Crippen LogP) is 3.83. The molecule has 0 spiro atoms. The van der Waals surface area contributed by atoms with Gasteiger partial charge in [0.25, 0.3) is 5.69 Å². The number of aromatic amines is 1. The molecule has 0 aliphatic carbocycles. The van der Waals surface area contributed by atoms with E-state index in [0.717, 1.165) is 17.2 Å². The van der Waals surface area contributed by atoms with E-state index in [1.807, 2.05) is 41.1 Å². The third-order valence-corrected chi connectivity index (χ3v) is 3.97. The average molecular weight is 305 g/mol. The van der Waals surface area contributed by atoms with Crippen LogP contribution in [0.4, 0.5) is 5.69 Å². The van der Waals surface area contributed by atoms with Gasteiger partial charge in [0.15, 0.2) is 6.29 Å². The van der Waals surface area contributed by atoms with Gasteiger partial charge in [0.1, 0.15) is 5.82 Å². The molecule has 6 heteroatoms. The molecule has 0 amide bonds. The van der Waals surface area contributed by atoms with Gasteiger partial charge in [0.2, 0.25) is 0 Å². The molecule has 2 heterocycles. The van der Waals surface area contributed by atoms with Gasteiger partial charge in [-0.05, 0) is 23.6 Å². The van der Waals surface area contributed by atoms with Crippen molar-refractivity contribution in [2.45, 2.75) is 0 Å². The van der Waals surface area contributed by atoms with Crippen molar-refractivity contribution in [3.8, 4) is 5.82 Å². The van der Waals surface area contributed by atoms with Crippen LogP contribution < -0.4 is 0 Å². The quantitative estimate of drug-likeness (QED) is 0.355. The van der Waals surface area contributed by atoms with Gasteiger partial charge in [-0.25, -0.2) is 0 Å². The number of rotatable bonds is 3. The van der Waals surface area contributed by atoms with Crippen LogP contribution in [0.15, 0.2) is 54.7 Å². The number of hydrogen-bond donors (Lipinski definition) is 1. The van der Waals surface area contributed by atoms with E-state index >= 15 is 0 Å². The van der Waals surface area contributed by atoms with E-state index in [1.54, 1.807) is 6.07 Å². The van der Waals surface area contributed by atoms with Crippen molar-refractivity contribution in [1.29, 1.82) is 0 Å². The lowest BCUT2D eigenvalue weighted by Gasteiger charge is -2.03. The summed E-state index contributed by atoms with van der Waals surface area (Å²) in [5.74, 6) is 0.608. The lowest BCUT2D eigenvalue weighted by Crippen LogP contribution is -1.96. The number of carbonyl (C=O) groups is 1. The summed E-state index contributed by atoms with van der Waals surface area (Å²) < 4.78 is 1.88. The molecule has 0 saturated carbocycles. The second-order valence-corrected chi connectivity index (χ2v) is 5.24. The first-order valence-corrected chi connectivity index (χ1v) is 7.01. The Hall–Kier alpha value is -3.41. The number of fused-ring (bicyclic) bond motifs is 2. The zero-order chi connectivity index (χ0) is 16.0. The molecule has 112 valence electrons. The molecule has 0 unspecified atom stereocenters. The SMILES string of the molecule is O=Cc1c(-n2ccc3ccccc32)[nH]c2cc([N+](=O)[O-])ccc12. The van der Waals surface area contributed by atoms with E-state index in [4.69, 9.17) is 0 Å². The standard InChI is InChI=1S/C17H11N3O3/c21-10-14-13-6-5-12(20(22)23)9-15(13)18-17(14)19-8-7-11-3-1-2-4-16(11)19/h1-10,18H. The third kappa shape index (κ3) is 1.92. The van der Waals surface area contributed by atoms with Crippen LogP contribution in [0.5, 0.6) is 0 Å². The zero-order valence-corrected chi connectivity index (χ0v) is 11.9. The van der Waals surface area contributed by atoms with Crippen molar-refractivity contribution in [1.82, 2.24) is 9.55 Å². The molecule has 2 aromatic heterocycles. The number of hydrogen-bond acceptors (Lipinski definition) is 3. The van der Waals surface area contributed by atoms with E-state index in [0.29, 0.717) is 22.3 Å². The number of nitro benzene ring substituents is 1. The van der Waals surface area contributed by atoms with Gasteiger partial charge in [-0.3, -0.25) is 14.9 Å². The van der Waals surface area contributed by atoms with Crippen molar-refractivity contribution >= 4 is 33.8 Å². The van der Waals surface area contributed by atoms with E-state index in [1.165, 1.54) is 12.1 Å². The first-order chi connectivity index (χ1) is 11.2. The molecule has 0 atom stereocenters. The Kier molecular flexibility index (Phi) is 2.77. The van der Waals surface area contributed by atoms with E-state index < -0.39 is 4.92 Å². The number of nitrogens with zero attached hydrogens (tertiary/aromatic N) is 2. The molecule has 2 aromatic carbocycles. The highest BCUT2D eigenvalue weighted by atomic mass is 16.6. The topological polar surface area (TPSA) is 80.9 Å². The maximum Gasteiger partial charge on any atom is 0.271 e. The fraction of sp³-hybridized carbons (Fsp3) is 0. The number of benzene rings is 2. The Morgan fingerprint density at radius 2 is 1.96 bits per heavy atom. The summed E-state index contributed by atoms with van der Waals surface area (Å²) in [5, 5.41) is 12.6. The molecule has 4 rings (SSSR count). The molecule has 0 aliphatic rings. The second-order valence-electron chi connectivity index (χ2n) is 5.24. The third-order valence-electron chi connectivity index (χ3n) is 3.97. The van der Waals surface area contributed by atoms with Crippen LogP contribution in [-0.4, -0.2) is 20.8 Å². The maximum absolute atomic E-state index is 11.6. The molecule has 0 saturated heterocycles. The summed E-state index contributed by atoms with van der Waals surface area (Å²) in [6, 6.07) is 14.2. The van der Waals surface area contributed by atoms with Crippen LogP contribution in [-0.2, 0) is 0 Å². The van der Waals surface area contributed by atoms with E-state index in [9.17, 15) is 14.9 Å². The molecule has 23 heavy (non-hydrogen) atoms. The number of carbonyl (C=O) groups excluding carboxylic acids is 1. The largest absolute Gasteiger partial charge is 0.340 e. The van der Waals surface area contributed by atoms with Crippen molar-refractivity contribution in [3.05, 3.63) is 70.4 Å². The van der Waals surface area contributed by atoms with Crippen molar-refractivity contribution in [3.63, 3.8) is 0 Å². The van der Waals surface area contributed by atoms with Crippen molar-refractivity contribution in [2.75, 3.05) is 0 Å². The summed E-state index contributed by atoms with van der Waals surface area (Å²) in [6.07, 6.45) is 2.64. The number of non-ortho nitro benzene ring substituents is 1. The fourth-order valence-electron chi connectivity index (χ4n) is 2.89. The molecule has 4 aromatic rings. The summed E-state index contributed by atoms with van der Waals surface area (Å²) in [7, 11) is 0. The van der Waals surface area contributed by atoms with Gasteiger partial charge in [-0.15, -0.1) is 0 Å². The van der Waals surface area contributed by atoms with Crippen LogP contribution in [0.25, 0.3) is 27.6 Å². The van der Waals surface area contributed by atoms with Gasteiger partial charge in [0, 0.05) is 23.7 Å². The number of aldehydes is 1. The van der Waals surface area contributed by atoms with Crippen molar-refractivity contribution < 1.29 is 9.72 Å². The zero-order valence-electron chi connectivity index (χ0n) is 11.9. The Morgan fingerprint density at radius 3 is 2.74 bits per heavy atom. The monoisotopic (exact) mass is 305 g/mol. The highest BCUT2D eigenvalue weighted by Gasteiger charge is 2.16. The van der Waals surface area contributed by atoms with Gasteiger partial charge in [-0.2, -0.15) is 0 Å². The Labute approximate surface area is 130 Å². The highest BCUT2D eigenvalue weighted by Crippen LogP contribution is 2.29. The minimum absolute atomic E-state index is 0.0138. The van der Waals surface area contributed by atoms with Gasteiger partial charge in [0.05, 0.1) is 21.5 Å². The molecule has 0 fully saturated rings. The van der Waals surface area contributed by atoms with E-state index in [2.05, 4.69) is 4.98 Å². The summed E-state index contributed by atoms with van der Waals surface area (Å²) in [6.45, 7) is 0. The summed E-state index contributed by atoms with van der Waals surface area (Å²) >= 11 is 0. The van der Waals surface area contributed by atoms with Crippen LogP contribution in [0.3, 0.4) is 0 Å². The van der Waals surface area contributed by atoms with Crippen LogP contribution >= 0.6 is 0 Å². The normalized spacial score (nSPS) is 11.1. The van der Waals surface area contributed by atoms with Crippen LogP contribution in [0.1, 0.15) is 10.4 Å². The Morgan fingerprint density at radius 1 is 1.13 bits per heavy atom. The number of H-pyrrole nitrogens is 1. The lowest BCUT2D eigenvalue weighted by molar-refractivity contribution is -0.384. The lowest BCUT2D eigenvalue weighted by atomic mass is 10.1. The van der Waals surface area contributed by atoms with Gasteiger partial charge < -0.3 is 9.55 Å². The molecule has 0 radical (unpaired) electrons. The van der Waals surface area contributed by atoms with Crippen molar-refractivity contribution in [2.24, 2.45) is 0 Å². The molecular formula is C17H11N3O3.